The maximum absolute atomic E-state index is 11.0. The Kier molecular flexibility index (Phi) is 6.09. The lowest BCUT2D eigenvalue weighted by molar-refractivity contribution is -0.385. The summed E-state index contributed by atoms with van der Waals surface area (Å²) in [6, 6.07) is 4.90. The summed E-state index contributed by atoms with van der Waals surface area (Å²) >= 11 is 3.21. The number of halogens is 1. The summed E-state index contributed by atoms with van der Waals surface area (Å²) in [6.07, 6.45) is 0. The molecule has 20 heavy (non-hydrogen) atoms. The van der Waals surface area contributed by atoms with E-state index in [1.54, 1.807) is 19.1 Å². The number of carbonyl (C=O) groups is 1. The second-order valence-corrected chi connectivity index (χ2v) is 5.51. The molecule has 0 aliphatic heterocycles. The fraction of sp³-hybridized carbons (Fsp3) is 0.462. The quantitative estimate of drug-likeness (QED) is 0.607. The number of carboxylic acids is 1. The van der Waals surface area contributed by atoms with E-state index in [0.29, 0.717) is 29.7 Å². The van der Waals surface area contributed by atoms with Gasteiger partial charge < -0.3 is 5.11 Å². The molecule has 1 rings (SSSR count). The number of hydrogen-bond donors (Lipinski definition) is 1. The molecule has 0 amide bonds. The largest absolute Gasteiger partial charge is 0.481 e. The van der Waals surface area contributed by atoms with Gasteiger partial charge in [-0.15, -0.1) is 0 Å². The summed E-state index contributed by atoms with van der Waals surface area (Å²) < 4.78 is 0.648. The summed E-state index contributed by atoms with van der Waals surface area (Å²) in [5.74, 6) is -1.38. The normalized spacial score (nSPS) is 12.4. The number of nitro groups is 1. The predicted molar refractivity (Wildman–Crippen MR) is 78.5 cm³/mol. The van der Waals surface area contributed by atoms with Crippen molar-refractivity contribution in [3.8, 4) is 0 Å². The van der Waals surface area contributed by atoms with E-state index >= 15 is 0 Å². The highest BCUT2D eigenvalue weighted by atomic mass is 79.9. The average Bonchev–Trinajstić information content (AvgIpc) is 2.39. The Morgan fingerprint density at radius 3 is 2.70 bits per heavy atom. The SMILES string of the molecule is CCN(Cc1ccc(Br)cc1[N+](=O)[O-])CC(C)C(=O)O. The van der Waals surface area contributed by atoms with Crippen LogP contribution in [0.5, 0.6) is 0 Å². The molecule has 1 N–H and O–H groups in total. The van der Waals surface area contributed by atoms with Crippen molar-refractivity contribution < 1.29 is 14.8 Å². The van der Waals surface area contributed by atoms with E-state index in [1.807, 2.05) is 11.8 Å². The monoisotopic (exact) mass is 344 g/mol. The molecule has 0 aromatic heterocycles. The molecule has 0 saturated carbocycles. The van der Waals surface area contributed by atoms with Crippen molar-refractivity contribution in [2.75, 3.05) is 13.1 Å². The molecular weight excluding hydrogens is 328 g/mol. The van der Waals surface area contributed by atoms with Gasteiger partial charge in [-0.3, -0.25) is 19.8 Å². The van der Waals surface area contributed by atoms with Crippen molar-refractivity contribution in [2.24, 2.45) is 5.92 Å². The summed E-state index contributed by atoms with van der Waals surface area (Å²) in [4.78, 5) is 23.4. The number of aliphatic carboxylic acids is 1. The van der Waals surface area contributed by atoms with Gasteiger partial charge in [0.1, 0.15) is 0 Å². The Hall–Kier alpha value is -1.47. The topological polar surface area (TPSA) is 83.7 Å². The van der Waals surface area contributed by atoms with Crippen LogP contribution < -0.4 is 0 Å². The lowest BCUT2D eigenvalue weighted by Gasteiger charge is -2.22. The fourth-order valence-corrected chi connectivity index (χ4v) is 2.20. The molecule has 7 heteroatoms. The first kappa shape index (κ1) is 16.6. The highest BCUT2D eigenvalue weighted by Crippen LogP contribution is 2.25. The van der Waals surface area contributed by atoms with Crippen LogP contribution in [0.25, 0.3) is 0 Å². The van der Waals surface area contributed by atoms with Gasteiger partial charge in [-0.05, 0) is 18.7 Å². The van der Waals surface area contributed by atoms with E-state index in [1.165, 1.54) is 6.07 Å². The molecule has 0 bridgehead atoms. The Labute approximate surface area is 125 Å². The van der Waals surface area contributed by atoms with Crippen molar-refractivity contribution in [3.63, 3.8) is 0 Å². The smallest absolute Gasteiger partial charge is 0.307 e. The third-order valence-electron chi connectivity index (χ3n) is 3.04. The van der Waals surface area contributed by atoms with Crippen molar-refractivity contribution in [2.45, 2.75) is 20.4 Å². The molecule has 1 aromatic rings. The lowest BCUT2D eigenvalue weighted by atomic mass is 10.1. The van der Waals surface area contributed by atoms with Crippen molar-refractivity contribution in [3.05, 3.63) is 38.3 Å². The van der Waals surface area contributed by atoms with Gasteiger partial charge in [0.15, 0.2) is 0 Å². The lowest BCUT2D eigenvalue weighted by Crippen LogP contribution is -2.31. The Bertz CT molecular complexity index is 507. The zero-order chi connectivity index (χ0) is 15.3. The summed E-state index contributed by atoms with van der Waals surface area (Å²) in [6.45, 7) is 4.88. The van der Waals surface area contributed by atoms with Crippen LogP contribution in [0.1, 0.15) is 19.4 Å². The highest BCUT2D eigenvalue weighted by Gasteiger charge is 2.19. The minimum absolute atomic E-state index is 0.0424. The summed E-state index contributed by atoms with van der Waals surface area (Å²) in [5, 5.41) is 20.0. The Morgan fingerprint density at radius 2 is 2.20 bits per heavy atom. The highest BCUT2D eigenvalue weighted by molar-refractivity contribution is 9.10. The molecule has 6 nitrogen and oxygen atoms in total. The minimum atomic E-state index is -0.867. The van der Waals surface area contributed by atoms with Crippen molar-refractivity contribution in [1.82, 2.24) is 4.90 Å². The van der Waals surface area contributed by atoms with Gasteiger partial charge >= 0.3 is 5.97 Å². The van der Waals surface area contributed by atoms with E-state index in [0.717, 1.165) is 0 Å². The second-order valence-electron chi connectivity index (χ2n) is 4.60. The van der Waals surface area contributed by atoms with E-state index in [9.17, 15) is 14.9 Å². The molecule has 0 aliphatic carbocycles. The number of nitro benzene ring substituents is 1. The fourth-order valence-electron chi connectivity index (χ4n) is 1.85. The van der Waals surface area contributed by atoms with Crippen LogP contribution in [0.15, 0.2) is 22.7 Å². The van der Waals surface area contributed by atoms with Gasteiger partial charge in [0, 0.05) is 29.2 Å². The van der Waals surface area contributed by atoms with E-state index in [2.05, 4.69) is 15.9 Å². The molecule has 0 spiro atoms. The van der Waals surface area contributed by atoms with Gasteiger partial charge in [-0.1, -0.05) is 29.8 Å². The second kappa shape index (κ2) is 7.35. The first-order valence-corrected chi connectivity index (χ1v) is 7.02. The molecule has 0 saturated heterocycles. The average molecular weight is 345 g/mol. The van der Waals surface area contributed by atoms with Crippen molar-refractivity contribution >= 4 is 27.6 Å². The number of rotatable bonds is 7. The molecule has 0 aliphatic rings. The molecule has 0 fully saturated rings. The summed E-state index contributed by atoms with van der Waals surface area (Å²) in [7, 11) is 0. The number of carboxylic acid groups (broad SMARTS) is 1. The van der Waals surface area contributed by atoms with Crippen LogP contribution in [0.2, 0.25) is 0 Å². The molecule has 1 aromatic carbocycles. The van der Waals surface area contributed by atoms with Gasteiger partial charge in [0.05, 0.1) is 10.8 Å². The van der Waals surface area contributed by atoms with Crippen LogP contribution in [0, 0.1) is 16.0 Å². The molecule has 110 valence electrons. The molecular formula is C13H17BrN2O4. The van der Waals surface area contributed by atoms with Gasteiger partial charge in [0.25, 0.3) is 5.69 Å². The number of benzene rings is 1. The zero-order valence-corrected chi connectivity index (χ0v) is 13.0. The Morgan fingerprint density at radius 1 is 1.55 bits per heavy atom. The van der Waals surface area contributed by atoms with Crippen LogP contribution >= 0.6 is 15.9 Å². The number of nitrogens with zero attached hydrogens (tertiary/aromatic N) is 2. The molecule has 0 heterocycles. The van der Waals surface area contributed by atoms with Crippen LogP contribution in [0.3, 0.4) is 0 Å². The van der Waals surface area contributed by atoms with Crippen LogP contribution in [-0.2, 0) is 11.3 Å². The summed E-state index contributed by atoms with van der Waals surface area (Å²) in [5.41, 5.74) is 0.624. The van der Waals surface area contributed by atoms with Crippen LogP contribution in [-0.4, -0.2) is 34.0 Å². The standard InChI is InChI=1S/C13H17BrN2O4/c1-3-15(7-9(2)13(17)18)8-10-4-5-11(14)6-12(10)16(19)20/h4-6,9H,3,7-8H2,1-2H3,(H,17,18). The van der Waals surface area contributed by atoms with Crippen molar-refractivity contribution in [1.29, 1.82) is 0 Å². The maximum atomic E-state index is 11.0. The molecule has 1 atom stereocenters. The van der Waals surface area contributed by atoms with Gasteiger partial charge in [0.2, 0.25) is 0 Å². The maximum Gasteiger partial charge on any atom is 0.307 e. The third-order valence-corrected chi connectivity index (χ3v) is 3.53. The van der Waals surface area contributed by atoms with E-state index < -0.39 is 16.8 Å². The van der Waals surface area contributed by atoms with Crippen LogP contribution in [0.4, 0.5) is 5.69 Å². The van der Waals surface area contributed by atoms with Gasteiger partial charge in [-0.25, -0.2) is 0 Å². The van der Waals surface area contributed by atoms with Gasteiger partial charge in [-0.2, -0.15) is 0 Å². The van der Waals surface area contributed by atoms with E-state index in [4.69, 9.17) is 5.11 Å². The molecule has 0 radical (unpaired) electrons. The first-order valence-electron chi connectivity index (χ1n) is 6.23. The first-order chi connectivity index (χ1) is 9.35. The van der Waals surface area contributed by atoms with E-state index in [-0.39, 0.29) is 5.69 Å². The zero-order valence-electron chi connectivity index (χ0n) is 11.4. The predicted octanol–water partition coefficient (Wildman–Crippen LogP) is 2.90. The molecule has 1 unspecified atom stereocenters. The minimum Gasteiger partial charge on any atom is -0.481 e. The number of hydrogen-bond acceptors (Lipinski definition) is 4. The Balaban J connectivity index is 2.90. The third kappa shape index (κ3) is 4.57.